The average Bonchev–Trinajstić information content (AvgIpc) is 2.76. The summed E-state index contributed by atoms with van der Waals surface area (Å²) in [5, 5.41) is 7.74. The molecule has 1 aromatic heterocycles. The molecule has 2 rings (SSSR count). The number of aromatic nitrogens is 3. The number of rotatable bonds is 3. The first-order chi connectivity index (χ1) is 8.86. The van der Waals surface area contributed by atoms with Gasteiger partial charge in [-0.25, -0.2) is 8.42 Å². The lowest BCUT2D eigenvalue weighted by Crippen LogP contribution is -2.06. The first kappa shape index (κ1) is 14.6. The molecule has 19 heavy (non-hydrogen) atoms. The summed E-state index contributed by atoms with van der Waals surface area (Å²) >= 11 is 12.0. The van der Waals surface area contributed by atoms with E-state index >= 15 is 0 Å². The average molecular weight is 341 g/mol. The van der Waals surface area contributed by atoms with E-state index in [2.05, 4.69) is 10.2 Å². The molecule has 1 heterocycles. The molecule has 0 aliphatic heterocycles. The molecule has 0 fully saturated rings. The fourth-order valence-corrected chi connectivity index (χ4v) is 2.97. The minimum Gasteiger partial charge on any atom is -0.297 e. The zero-order valence-corrected chi connectivity index (χ0v) is 12.7. The van der Waals surface area contributed by atoms with Crippen molar-refractivity contribution in [3.05, 3.63) is 28.2 Å². The first-order valence-corrected chi connectivity index (χ1v) is 8.25. The Labute approximate surface area is 124 Å². The van der Waals surface area contributed by atoms with Crippen LogP contribution < -0.4 is 0 Å². The van der Waals surface area contributed by atoms with E-state index in [0.29, 0.717) is 23.0 Å². The lowest BCUT2D eigenvalue weighted by atomic mass is 10.2. The Morgan fingerprint density at radius 1 is 1.26 bits per heavy atom. The topological polar surface area (TPSA) is 64.8 Å². The van der Waals surface area contributed by atoms with Crippen molar-refractivity contribution in [3.63, 3.8) is 0 Å². The van der Waals surface area contributed by atoms with Crippen LogP contribution in [0.4, 0.5) is 0 Å². The van der Waals surface area contributed by atoms with Crippen molar-refractivity contribution in [1.29, 1.82) is 0 Å². The van der Waals surface area contributed by atoms with Gasteiger partial charge in [0.1, 0.15) is 0 Å². The molecular weight excluding hydrogens is 333 g/mol. The van der Waals surface area contributed by atoms with Gasteiger partial charge in [0.25, 0.3) is 14.2 Å². The van der Waals surface area contributed by atoms with Crippen LogP contribution in [0.1, 0.15) is 6.92 Å². The monoisotopic (exact) mass is 339 g/mol. The van der Waals surface area contributed by atoms with E-state index in [1.54, 1.807) is 25.1 Å². The van der Waals surface area contributed by atoms with Crippen molar-refractivity contribution in [2.45, 2.75) is 18.6 Å². The van der Waals surface area contributed by atoms with Gasteiger partial charge in [-0.3, -0.25) is 4.57 Å². The third-order valence-electron chi connectivity index (χ3n) is 2.44. The predicted molar refractivity (Wildman–Crippen MR) is 74.2 cm³/mol. The smallest absolute Gasteiger partial charge is 0.296 e. The molecule has 5 nitrogen and oxygen atoms in total. The highest BCUT2D eigenvalue weighted by atomic mass is 35.7. The molecular formula is C10H8Cl3N3O2S. The lowest BCUT2D eigenvalue weighted by molar-refractivity contribution is 0.583. The van der Waals surface area contributed by atoms with E-state index < -0.39 is 9.05 Å². The Morgan fingerprint density at radius 3 is 2.53 bits per heavy atom. The van der Waals surface area contributed by atoms with Gasteiger partial charge in [-0.1, -0.05) is 29.3 Å². The van der Waals surface area contributed by atoms with Crippen LogP contribution in [0.2, 0.25) is 10.0 Å². The highest BCUT2D eigenvalue weighted by Gasteiger charge is 2.23. The number of nitrogens with zero attached hydrogens (tertiary/aromatic N) is 3. The first-order valence-electron chi connectivity index (χ1n) is 5.18. The third-order valence-corrected chi connectivity index (χ3v) is 4.41. The predicted octanol–water partition coefficient (Wildman–Crippen LogP) is 3.20. The fourth-order valence-electron chi connectivity index (χ4n) is 1.63. The molecule has 0 aliphatic carbocycles. The van der Waals surface area contributed by atoms with Crippen LogP contribution in [0.25, 0.3) is 11.4 Å². The summed E-state index contributed by atoms with van der Waals surface area (Å²) in [5.41, 5.74) is 0.495. The van der Waals surface area contributed by atoms with Crippen molar-refractivity contribution >= 4 is 42.9 Å². The summed E-state index contributed by atoms with van der Waals surface area (Å²) in [7, 11) is 1.33. The van der Waals surface area contributed by atoms with E-state index in [-0.39, 0.29) is 10.2 Å². The fraction of sp³-hybridized carbons (Fsp3) is 0.200. The quantitative estimate of drug-likeness (QED) is 0.805. The molecule has 2 aromatic rings. The van der Waals surface area contributed by atoms with Crippen LogP contribution in [0.15, 0.2) is 23.4 Å². The van der Waals surface area contributed by atoms with Gasteiger partial charge < -0.3 is 0 Å². The van der Waals surface area contributed by atoms with E-state index in [4.69, 9.17) is 33.9 Å². The molecule has 0 saturated heterocycles. The van der Waals surface area contributed by atoms with Crippen molar-refractivity contribution < 1.29 is 8.42 Å². The van der Waals surface area contributed by atoms with E-state index in [1.807, 2.05) is 0 Å². The lowest BCUT2D eigenvalue weighted by Gasteiger charge is -2.07. The maximum Gasteiger partial charge on any atom is 0.296 e. The van der Waals surface area contributed by atoms with Gasteiger partial charge in [0.15, 0.2) is 5.82 Å². The molecule has 0 spiro atoms. The maximum atomic E-state index is 11.4. The molecule has 9 heteroatoms. The molecule has 0 atom stereocenters. The summed E-state index contributed by atoms with van der Waals surface area (Å²) in [6.45, 7) is 2.07. The second-order valence-corrected chi connectivity index (χ2v) is 6.83. The van der Waals surface area contributed by atoms with Gasteiger partial charge in [-0.15, -0.1) is 10.2 Å². The van der Waals surface area contributed by atoms with Crippen molar-refractivity contribution in [2.75, 3.05) is 0 Å². The van der Waals surface area contributed by atoms with E-state index in [9.17, 15) is 8.42 Å². The number of hydrogen-bond acceptors (Lipinski definition) is 4. The number of halogens is 3. The SMILES string of the molecule is CCn1c(-c2cccc(Cl)c2Cl)nnc1S(=O)(=O)Cl. The summed E-state index contributed by atoms with van der Waals surface area (Å²) in [5.74, 6) is 0.300. The third kappa shape index (κ3) is 2.72. The van der Waals surface area contributed by atoms with Crippen LogP contribution in [-0.2, 0) is 15.6 Å². The molecule has 102 valence electrons. The Kier molecular flexibility index (Phi) is 4.06. The summed E-state index contributed by atoms with van der Waals surface area (Å²) < 4.78 is 24.1. The normalized spacial score (nSPS) is 11.8. The summed E-state index contributed by atoms with van der Waals surface area (Å²) in [6.07, 6.45) is 0. The molecule has 0 unspecified atom stereocenters. The Hall–Kier alpha value is -0.820. The highest BCUT2D eigenvalue weighted by Crippen LogP contribution is 2.33. The Bertz CT molecular complexity index is 728. The molecule has 0 amide bonds. The van der Waals surface area contributed by atoms with Crippen LogP contribution in [-0.4, -0.2) is 23.2 Å². The minimum absolute atomic E-state index is 0.282. The van der Waals surface area contributed by atoms with Crippen LogP contribution in [0.5, 0.6) is 0 Å². The van der Waals surface area contributed by atoms with Gasteiger partial charge in [-0.05, 0) is 19.1 Å². The van der Waals surface area contributed by atoms with Crippen LogP contribution in [0, 0.1) is 0 Å². The van der Waals surface area contributed by atoms with Gasteiger partial charge >= 0.3 is 0 Å². The molecule has 0 radical (unpaired) electrons. The molecule has 0 saturated carbocycles. The Morgan fingerprint density at radius 2 is 1.95 bits per heavy atom. The maximum absolute atomic E-state index is 11.4. The molecule has 0 aliphatic rings. The van der Waals surface area contributed by atoms with Gasteiger partial charge in [0.05, 0.1) is 10.0 Å². The zero-order chi connectivity index (χ0) is 14.2. The van der Waals surface area contributed by atoms with Crippen molar-refractivity contribution in [2.24, 2.45) is 0 Å². The van der Waals surface area contributed by atoms with Crippen molar-refractivity contribution in [1.82, 2.24) is 14.8 Å². The zero-order valence-electron chi connectivity index (χ0n) is 9.64. The van der Waals surface area contributed by atoms with Crippen LogP contribution in [0.3, 0.4) is 0 Å². The van der Waals surface area contributed by atoms with Gasteiger partial charge in [0.2, 0.25) is 0 Å². The minimum atomic E-state index is -3.97. The van der Waals surface area contributed by atoms with Gasteiger partial charge in [0, 0.05) is 22.8 Å². The highest BCUT2D eigenvalue weighted by molar-refractivity contribution is 8.13. The van der Waals surface area contributed by atoms with E-state index in [1.165, 1.54) is 4.57 Å². The van der Waals surface area contributed by atoms with Crippen LogP contribution >= 0.6 is 33.9 Å². The largest absolute Gasteiger partial charge is 0.297 e. The Balaban J connectivity index is 2.71. The molecule has 0 N–H and O–H groups in total. The second-order valence-electron chi connectivity index (χ2n) is 3.59. The molecule has 1 aromatic carbocycles. The van der Waals surface area contributed by atoms with Gasteiger partial charge in [-0.2, -0.15) is 0 Å². The standard InChI is InChI=1S/C10H8Cl3N3O2S/c1-2-16-9(14-15-10(16)19(13,17)18)6-4-3-5-7(11)8(6)12/h3-5H,2H2,1H3. The number of hydrogen-bond donors (Lipinski definition) is 0. The van der Waals surface area contributed by atoms with E-state index in [0.717, 1.165) is 0 Å². The summed E-state index contributed by atoms with van der Waals surface area (Å²) in [6, 6.07) is 4.99. The molecule has 0 bridgehead atoms. The second kappa shape index (κ2) is 5.28. The summed E-state index contributed by atoms with van der Waals surface area (Å²) in [4.78, 5) is 0. The van der Waals surface area contributed by atoms with Crippen molar-refractivity contribution in [3.8, 4) is 11.4 Å². The number of benzene rings is 1.